The first-order valence-electron chi connectivity index (χ1n) is 4.92. The molecule has 0 spiro atoms. The van der Waals surface area contributed by atoms with Crippen molar-refractivity contribution in [1.82, 2.24) is 9.34 Å². The Morgan fingerprint density at radius 3 is 2.00 bits per heavy atom. The number of rotatable bonds is 5. The molecular formula is C11H19N2OP. The van der Waals surface area contributed by atoms with E-state index in [1.807, 2.05) is 46.4 Å². The lowest BCUT2D eigenvalue weighted by Gasteiger charge is -2.28. The molecule has 1 aromatic carbocycles. The summed E-state index contributed by atoms with van der Waals surface area (Å²) in [5.74, 6) is 0. The van der Waals surface area contributed by atoms with E-state index in [-0.39, 0.29) is 0 Å². The summed E-state index contributed by atoms with van der Waals surface area (Å²) >= 11 is 0. The van der Waals surface area contributed by atoms with E-state index in [1.165, 1.54) is 5.56 Å². The highest BCUT2D eigenvalue weighted by atomic mass is 31.2. The Morgan fingerprint density at radius 2 is 1.53 bits per heavy atom. The molecule has 1 rings (SSSR count). The minimum Gasteiger partial charge on any atom is -0.327 e. The van der Waals surface area contributed by atoms with Crippen LogP contribution in [0.4, 0.5) is 0 Å². The van der Waals surface area contributed by atoms with Crippen LogP contribution in [0.1, 0.15) is 5.56 Å². The number of hydrogen-bond acceptors (Lipinski definition) is 3. The molecule has 84 valence electrons. The molecule has 0 amide bonds. The van der Waals surface area contributed by atoms with Gasteiger partial charge in [-0.05, 0) is 33.8 Å². The monoisotopic (exact) mass is 226 g/mol. The molecule has 0 atom stereocenters. The van der Waals surface area contributed by atoms with Crippen molar-refractivity contribution >= 4 is 8.45 Å². The highest BCUT2D eigenvalue weighted by Gasteiger charge is 2.14. The van der Waals surface area contributed by atoms with E-state index < -0.39 is 8.45 Å². The molecule has 0 radical (unpaired) electrons. The van der Waals surface area contributed by atoms with Crippen LogP contribution in [0, 0.1) is 0 Å². The van der Waals surface area contributed by atoms with Gasteiger partial charge in [-0.3, -0.25) is 9.34 Å². The third kappa shape index (κ3) is 4.27. The lowest BCUT2D eigenvalue weighted by Crippen LogP contribution is -2.18. The number of benzene rings is 1. The maximum Gasteiger partial charge on any atom is 0.187 e. The molecule has 0 saturated heterocycles. The van der Waals surface area contributed by atoms with Crippen molar-refractivity contribution in [2.24, 2.45) is 0 Å². The van der Waals surface area contributed by atoms with Gasteiger partial charge in [0.1, 0.15) is 0 Å². The van der Waals surface area contributed by atoms with Crippen molar-refractivity contribution in [3.63, 3.8) is 0 Å². The van der Waals surface area contributed by atoms with E-state index in [9.17, 15) is 0 Å². The van der Waals surface area contributed by atoms with Crippen LogP contribution in [0.25, 0.3) is 0 Å². The van der Waals surface area contributed by atoms with Crippen LogP contribution in [0.3, 0.4) is 0 Å². The van der Waals surface area contributed by atoms with Gasteiger partial charge in [-0.15, -0.1) is 0 Å². The molecule has 0 N–H and O–H groups in total. The average Bonchev–Trinajstić information content (AvgIpc) is 2.18. The Hall–Kier alpha value is -0.470. The maximum atomic E-state index is 5.87. The van der Waals surface area contributed by atoms with Crippen molar-refractivity contribution in [2.45, 2.75) is 6.61 Å². The molecular weight excluding hydrogens is 207 g/mol. The summed E-state index contributed by atoms with van der Waals surface area (Å²) in [4.78, 5) is 0. The fraction of sp³-hybridized carbons (Fsp3) is 0.455. The minimum atomic E-state index is -0.636. The second-order valence-corrected chi connectivity index (χ2v) is 6.07. The first kappa shape index (κ1) is 12.6. The Balaban J connectivity index is 2.47. The van der Waals surface area contributed by atoms with Crippen LogP contribution in [0.15, 0.2) is 30.3 Å². The molecule has 0 aliphatic rings. The van der Waals surface area contributed by atoms with Gasteiger partial charge in [0.15, 0.2) is 8.45 Å². The molecule has 0 heterocycles. The van der Waals surface area contributed by atoms with E-state index in [2.05, 4.69) is 21.5 Å². The zero-order chi connectivity index (χ0) is 11.3. The summed E-state index contributed by atoms with van der Waals surface area (Å²) in [6, 6.07) is 10.3. The Kier molecular flexibility index (Phi) is 5.20. The van der Waals surface area contributed by atoms with Gasteiger partial charge in [-0.25, -0.2) is 0 Å². The summed E-state index contributed by atoms with van der Waals surface area (Å²) in [6.45, 7) is 0.670. The molecule has 3 nitrogen and oxygen atoms in total. The number of hydrogen-bond donors (Lipinski definition) is 0. The van der Waals surface area contributed by atoms with E-state index in [0.717, 1.165) is 0 Å². The van der Waals surface area contributed by atoms with Crippen molar-refractivity contribution in [3.8, 4) is 0 Å². The normalized spacial score (nSPS) is 11.7. The molecule has 1 aromatic rings. The van der Waals surface area contributed by atoms with Crippen molar-refractivity contribution in [2.75, 3.05) is 28.2 Å². The largest absolute Gasteiger partial charge is 0.327 e. The summed E-state index contributed by atoms with van der Waals surface area (Å²) in [5, 5.41) is 0. The maximum absolute atomic E-state index is 5.87. The standard InChI is InChI=1S/C11H19N2OP/c1-12(2)15(13(3)4)14-10-11-8-6-5-7-9-11/h5-9H,10H2,1-4H3. The van der Waals surface area contributed by atoms with Crippen LogP contribution in [-0.2, 0) is 11.1 Å². The summed E-state index contributed by atoms with van der Waals surface area (Å²) in [7, 11) is 7.52. The molecule has 0 bridgehead atoms. The molecule has 0 unspecified atom stereocenters. The zero-order valence-electron chi connectivity index (χ0n) is 9.84. The summed E-state index contributed by atoms with van der Waals surface area (Å²) < 4.78 is 10.1. The van der Waals surface area contributed by atoms with Crippen LogP contribution < -0.4 is 0 Å². The highest BCUT2D eigenvalue weighted by Crippen LogP contribution is 2.41. The molecule has 0 saturated carbocycles. The number of nitrogens with zero attached hydrogens (tertiary/aromatic N) is 2. The lowest BCUT2D eigenvalue weighted by molar-refractivity contribution is 0.287. The highest BCUT2D eigenvalue weighted by molar-refractivity contribution is 7.47. The van der Waals surface area contributed by atoms with Crippen molar-refractivity contribution in [1.29, 1.82) is 0 Å². The van der Waals surface area contributed by atoms with Gasteiger partial charge in [0.2, 0.25) is 0 Å². The molecule has 0 aliphatic carbocycles. The molecule has 0 aromatic heterocycles. The molecule has 0 fully saturated rings. The fourth-order valence-electron chi connectivity index (χ4n) is 1.30. The molecule has 4 heteroatoms. The summed E-state index contributed by atoms with van der Waals surface area (Å²) in [5.41, 5.74) is 1.22. The second kappa shape index (κ2) is 6.19. The fourth-order valence-corrected chi connectivity index (χ4v) is 2.74. The summed E-state index contributed by atoms with van der Waals surface area (Å²) in [6.07, 6.45) is 0. The second-order valence-electron chi connectivity index (χ2n) is 3.71. The Bertz CT molecular complexity index is 269. The Labute approximate surface area is 93.6 Å². The predicted molar refractivity (Wildman–Crippen MR) is 65.5 cm³/mol. The van der Waals surface area contributed by atoms with Crippen LogP contribution >= 0.6 is 8.45 Å². The Morgan fingerprint density at radius 1 is 1.00 bits per heavy atom. The third-order valence-corrected chi connectivity index (χ3v) is 3.60. The first-order valence-corrected chi connectivity index (χ1v) is 6.09. The van der Waals surface area contributed by atoms with Gasteiger partial charge in [0, 0.05) is 0 Å². The van der Waals surface area contributed by atoms with Gasteiger partial charge in [-0.1, -0.05) is 30.3 Å². The van der Waals surface area contributed by atoms with Gasteiger partial charge in [-0.2, -0.15) is 0 Å². The van der Waals surface area contributed by atoms with E-state index >= 15 is 0 Å². The molecule has 0 aliphatic heterocycles. The topological polar surface area (TPSA) is 15.7 Å². The predicted octanol–water partition coefficient (Wildman–Crippen LogP) is 2.55. The molecule has 15 heavy (non-hydrogen) atoms. The SMILES string of the molecule is CN(C)P(OCc1ccccc1)N(C)C. The van der Waals surface area contributed by atoms with Gasteiger partial charge in [0.25, 0.3) is 0 Å². The average molecular weight is 226 g/mol. The van der Waals surface area contributed by atoms with E-state index in [1.54, 1.807) is 0 Å². The van der Waals surface area contributed by atoms with Crippen LogP contribution in [-0.4, -0.2) is 37.5 Å². The first-order chi connectivity index (χ1) is 7.11. The lowest BCUT2D eigenvalue weighted by atomic mass is 10.2. The van der Waals surface area contributed by atoms with Crippen molar-refractivity contribution in [3.05, 3.63) is 35.9 Å². The van der Waals surface area contributed by atoms with E-state index in [4.69, 9.17) is 4.52 Å². The van der Waals surface area contributed by atoms with Gasteiger partial charge in [0.05, 0.1) is 6.61 Å². The zero-order valence-corrected chi connectivity index (χ0v) is 10.7. The smallest absolute Gasteiger partial charge is 0.187 e. The third-order valence-electron chi connectivity index (χ3n) is 1.87. The van der Waals surface area contributed by atoms with E-state index in [0.29, 0.717) is 6.61 Å². The van der Waals surface area contributed by atoms with Gasteiger partial charge >= 0.3 is 0 Å². The van der Waals surface area contributed by atoms with Crippen LogP contribution in [0.2, 0.25) is 0 Å². The van der Waals surface area contributed by atoms with Crippen LogP contribution in [0.5, 0.6) is 0 Å². The quantitative estimate of drug-likeness (QED) is 0.718. The van der Waals surface area contributed by atoms with Gasteiger partial charge < -0.3 is 4.52 Å². The minimum absolute atomic E-state index is 0.636. The van der Waals surface area contributed by atoms with Crippen molar-refractivity contribution < 1.29 is 4.52 Å².